The van der Waals surface area contributed by atoms with Crippen molar-refractivity contribution in [3.63, 3.8) is 0 Å². The zero-order valence-electron chi connectivity index (χ0n) is 14.5. The minimum atomic E-state index is -0.634. The molecule has 1 heterocycles. The lowest BCUT2D eigenvalue weighted by molar-refractivity contribution is -0.138. The first-order valence-corrected chi connectivity index (χ1v) is 8.84. The molecule has 1 N–H and O–H groups in total. The van der Waals surface area contributed by atoms with E-state index >= 15 is 0 Å². The van der Waals surface area contributed by atoms with E-state index in [2.05, 4.69) is 5.32 Å². The monoisotopic (exact) mass is 337 g/mol. The number of hydrogen-bond donors (Lipinski definition) is 1. The number of nitrogens with zero attached hydrogens (tertiary/aromatic N) is 2. The van der Waals surface area contributed by atoms with Crippen LogP contribution in [0.3, 0.4) is 0 Å². The molecule has 0 radical (unpaired) electrons. The average Bonchev–Trinajstić information content (AvgIpc) is 2.81. The van der Waals surface area contributed by atoms with E-state index in [4.69, 9.17) is 0 Å². The van der Waals surface area contributed by atoms with Crippen LogP contribution in [-0.4, -0.2) is 52.2 Å². The fraction of sp³-hybridized carbons (Fsp3) is 0.765. The first-order valence-electron chi connectivity index (χ1n) is 8.84. The Labute approximate surface area is 142 Å². The lowest BCUT2D eigenvalue weighted by Gasteiger charge is -2.33. The summed E-state index contributed by atoms with van der Waals surface area (Å²) in [5, 5.41) is 2.55. The molecular weight excluding hydrogens is 310 g/mol. The minimum Gasteiger partial charge on any atom is -0.340 e. The van der Waals surface area contributed by atoms with Crippen molar-refractivity contribution in [3.8, 4) is 0 Å². The van der Waals surface area contributed by atoms with Gasteiger partial charge in [0.25, 0.3) is 5.91 Å². The fourth-order valence-corrected chi connectivity index (χ4v) is 3.65. The van der Waals surface area contributed by atoms with Gasteiger partial charge in [0.15, 0.2) is 0 Å². The van der Waals surface area contributed by atoms with Crippen molar-refractivity contribution in [1.82, 2.24) is 15.1 Å². The second-order valence-corrected chi connectivity index (χ2v) is 6.69. The van der Waals surface area contributed by atoms with Crippen LogP contribution in [0.5, 0.6) is 0 Å². The number of urea groups is 1. The van der Waals surface area contributed by atoms with Crippen LogP contribution >= 0.6 is 0 Å². The van der Waals surface area contributed by atoms with Crippen molar-refractivity contribution in [2.24, 2.45) is 0 Å². The predicted octanol–water partition coefficient (Wildman–Crippen LogP) is 1.80. The molecule has 24 heavy (non-hydrogen) atoms. The molecule has 2 fully saturated rings. The Hall–Kier alpha value is -1.92. The molecule has 0 aromatic heterocycles. The Balaban J connectivity index is 1.77. The Bertz CT molecular complexity index is 514. The number of unbranched alkanes of at least 4 members (excludes halogenated alkanes) is 1. The second-order valence-electron chi connectivity index (χ2n) is 6.69. The van der Waals surface area contributed by atoms with Gasteiger partial charge >= 0.3 is 6.03 Å². The number of carbonyl (C=O) groups excluding carboxylic acids is 4. The summed E-state index contributed by atoms with van der Waals surface area (Å²) in [4.78, 5) is 49.4. The van der Waals surface area contributed by atoms with Gasteiger partial charge in [0, 0.05) is 26.4 Å². The van der Waals surface area contributed by atoms with E-state index in [0.29, 0.717) is 23.9 Å². The van der Waals surface area contributed by atoms with Crippen LogP contribution in [0.25, 0.3) is 0 Å². The number of rotatable bonds is 6. The molecule has 2 aliphatic rings. The van der Waals surface area contributed by atoms with Gasteiger partial charge in [0.05, 0.1) is 0 Å². The lowest BCUT2D eigenvalue weighted by Crippen LogP contribution is -2.40. The summed E-state index contributed by atoms with van der Waals surface area (Å²) in [7, 11) is 0. The van der Waals surface area contributed by atoms with Gasteiger partial charge in [0.2, 0.25) is 11.8 Å². The molecule has 1 saturated heterocycles. The molecule has 7 nitrogen and oxygen atoms in total. The van der Waals surface area contributed by atoms with Gasteiger partial charge < -0.3 is 10.2 Å². The Morgan fingerprint density at radius 3 is 2.33 bits per heavy atom. The molecule has 1 aliphatic carbocycles. The normalized spacial score (nSPS) is 21.8. The third kappa shape index (κ3) is 4.33. The van der Waals surface area contributed by atoms with E-state index in [1.165, 1.54) is 26.2 Å². The van der Waals surface area contributed by atoms with E-state index in [0.717, 1.165) is 25.7 Å². The number of hydrogen-bond acceptors (Lipinski definition) is 4. The zero-order chi connectivity index (χ0) is 17.7. The van der Waals surface area contributed by atoms with E-state index in [9.17, 15) is 19.2 Å². The van der Waals surface area contributed by atoms with E-state index in [-0.39, 0.29) is 5.91 Å². The summed E-state index contributed by atoms with van der Waals surface area (Å²) in [5.74, 6) is -0.918. The number of nitrogens with one attached hydrogen (secondary N) is 1. The van der Waals surface area contributed by atoms with Crippen molar-refractivity contribution in [2.75, 3.05) is 6.54 Å². The molecule has 0 aromatic carbocycles. The number of carbonyl (C=O) groups is 4. The highest BCUT2D eigenvalue weighted by atomic mass is 16.2. The molecule has 7 heteroatoms. The maximum absolute atomic E-state index is 12.0. The first-order chi connectivity index (χ1) is 11.4. The molecular formula is C17H27N3O4. The smallest absolute Gasteiger partial charge is 0.331 e. The summed E-state index contributed by atoms with van der Waals surface area (Å²) in [6, 6.07) is -0.913. The van der Waals surface area contributed by atoms with Crippen LogP contribution in [0.15, 0.2) is 0 Å². The van der Waals surface area contributed by atoms with Crippen LogP contribution in [0.2, 0.25) is 0 Å². The van der Waals surface area contributed by atoms with E-state index in [1.807, 2.05) is 4.90 Å². The average molecular weight is 337 g/mol. The van der Waals surface area contributed by atoms with Crippen molar-refractivity contribution in [2.45, 2.75) is 77.3 Å². The molecule has 1 aliphatic heterocycles. The lowest BCUT2D eigenvalue weighted by atomic mass is 9.94. The van der Waals surface area contributed by atoms with Gasteiger partial charge in [-0.25, -0.2) is 4.79 Å². The summed E-state index contributed by atoms with van der Waals surface area (Å²) in [6.45, 7) is 3.50. The molecule has 5 amide bonds. The highest BCUT2D eigenvalue weighted by molar-refractivity contribution is 6.15. The molecule has 0 spiro atoms. The summed E-state index contributed by atoms with van der Waals surface area (Å²) >= 11 is 0. The fourth-order valence-electron chi connectivity index (χ4n) is 3.65. The molecule has 1 atom stereocenters. The number of amides is 5. The Morgan fingerprint density at radius 2 is 1.79 bits per heavy atom. The van der Waals surface area contributed by atoms with Gasteiger partial charge in [-0.2, -0.15) is 4.90 Å². The Kier molecular flexibility index (Phi) is 6.34. The van der Waals surface area contributed by atoms with Crippen LogP contribution in [0, 0.1) is 0 Å². The Morgan fingerprint density at radius 1 is 1.12 bits per heavy atom. The highest BCUT2D eigenvalue weighted by Crippen LogP contribution is 2.23. The van der Waals surface area contributed by atoms with Crippen LogP contribution in [-0.2, 0) is 14.4 Å². The molecule has 0 bridgehead atoms. The van der Waals surface area contributed by atoms with Crippen molar-refractivity contribution < 1.29 is 19.2 Å². The minimum absolute atomic E-state index is 0.106. The van der Waals surface area contributed by atoms with Gasteiger partial charge in [-0.15, -0.1) is 0 Å². The van der Waals surface area contributed by atoms with Crippen molar-refractivity contribution in [1.29, 1.82) is 0 Å². The molecule has 2 rings (SSSR count). The van der Waals surface area contributed by atoms with E-state index < -0.39 is 23.9 Å². The molecule has 1 saturated carbocycles. The quantitative estimate of drug-likeness (QED) is 0.591. The summed E-state index contributed by atoms with van der Waals surface area (Å²) < 4.78 is 0. The number of imide groups is 3. The van der Waals surface area contributed by atoms with Gasteiger partial charge in [-0.3, -0.25) is 14.4 Å². The zero-order valence-corrected chi connectivity index (χ0v) is 14.5. The topological polar surface area (TPSA) is 86.8 Å². The van der Waals surface area contributed by atoms with Crippen molar-refractivity contribution >= 4 is 23.8 Å². The van der Waals surface area contributed by atoms with Crippen molar-refractivity contribution in [3.05, 3.63) is 0 Å². The van der Waals surface area contributed by atoms with E-state index in [1.54, 1.807) is 6.92 Å². The molecule has 134 valence electrons. The largest absolute Gasteiger partial charge is 0.340 e. The molecule has 1 unspecified atom stereocenters. The highest BCUT2D eigenvalue weighted by Gasteiger charge is 2.40. The predicted molar refractivity (Wildman–Crippen MR) is 88.0 cm³/mol. The first kappa shape index (κ1) is 18.4. The van der Waals surface area contributed by atoms with Crippen LogP contribution in [0.1, 0.15) is 65.2 Å². The second kappa shape index (κ2) is 8.26. The van der Waals surface area contributed by atoms with Gasteiger partial charge in [0.1, 0.15) is 6.04 Å². The van der Waals surface area contributed by atoms with Crippen LogP contribution in [0.4, 0.5) is 4.79 Å². The summed E-state index contributed by atoms with van der Waals surface area (Å²) in [5.41, 5.74) is 0. The maximum Gasteiger partial charge on any atom is 0.331 e. The van der Waals surface area contributed by atoms with Crippen LogP contribution < -0.4 is 5.32 Å². The van der Waals surface area contributed by atoms with Gasteiger partial charge in [-0.05, 0) is 32.1 Å². The third-order valence-corrected chi connectivity index (χ3v) is 4.90. The third-order valence-electron chi connectivity index (χ3n) is 4.90. The molecule has 0 aromatic rings. The SMILES string of the molecule is CC(=O)N1C(=O)NC(CCCCN(C(C)=O)C2CCCCC2)C1=O. The standard InChI is InChI=1S/C17H27N3O4/c1-12(21)19(14-8-4-3-5-9-14)11-7-6-10-15-16(23)20(13(2)22)17(24)18-15/h14-15H,3-11H2,1-2H3,(H,18,24). The summed E-state index contributed by atoms with van der Waals surface area (Å²) in [6.07, 6.45) is 7.75. The maximum atomic E-state index is 12.0. The van der Waals surface area contributed by atoms with Gasteiger partial charge in [-0.1, -0.05) is 19.3 Å².